The highest BCUT2D eigenvalue weighted by atomic mass is 16.5. The minimum atomic E-state index is -1.10. The van der Waals surface area contributed by atoms with Crippen LogP contribution in [0.3, 0.4) is 0 Å². The highest BCUT2D eigenvalue weighted by molar-refractivity contribution is 5.88. The number of fused-ring (bicyclic) bond motifs is 3. The highest BCUT2D eigenvalue weighted by Crippen LogP contribution is 2.44. The number of benzene rings is 2. The number of nitrogens with one attached hydrogen (secondary N) is 1. The van der Waals surface area contributed by atoms with E-state index in [1.54, 1.807) is 20.8 Å². The number of rotatable bonds is 9. The van der Waals surface area contributed by atoms with E-state index in [-0.39, 0.29) is 12.5 Å². The van der Waals surface area contributed by atoms with E-state index in [0.717, 1.165) is 28.7 Å². The van der Waals surface area contributed by atoms with Crippen molar-refractivity contribution in [3.05, 3.63) is 59.7 Å². The first kappa shape index (κ1) is 25.3. The van der Waals surface area contributed by atoms with E-state index in [1.165, 1.54) is 4.90 Å². The Morgan fingerprint density at radius 3 is 2.09 bits per heavy atom. The zero-order valence-electron chi connectivity index (χ0n) is 20.3. The van der Waals surface area contributed by atoms with Crippen LogP contribution < -0.4 is 5.32 Å². The largest absolute Gasteiger partial charge is 0.480 e. The molecule has 0 spiro atoms. The molecule has 0 radical (unpaired) electrons. The van der Waals surface area contributed by atoms with E-state index >= 15 is 0 Å². The first-order valence-electron chi connectivity index (χ1n) is 11.8. The monoisotopic (exact) mass is 466 g/mol. The average Bonchev–Trinajstić information content (AvgIpc) is 3.11. The van der Waals surface area contributed by atoms with Crippen molar-refractivity contribution in [2.24, 2.45) is 0 Å². The first-order valence-corrected chi connectivity index (χ1v) is 11.8. The molecule has 0 aliphatic heterocycles. The molecule has 2 amide bonds. The normalized spacial score (nSPS) is 13.5. The third-order valence-corrected chi connectivity index (χ3v) is 6.15. The maximum Gasteiger partial charge on any atom is 0.407 e. The summed E-state index contributed by atoms with van der Waals surface area (Å²) in [6, 6.07) is 15.3. The van der Waals surface area contributed by atoms with Crippen LogP contribution in [-0.4, -0.2) is 52.7 Å². The van der Waals surface area contributed by atoms with Crippen molar-refractivity contribution in [2.75, 3.05) is 13.2 Å². The highest BCUT2D eigenvalue weighted by Gasteiger charge is 2.34. The Hall–Kier alpha value is -3.35. The van der Waals surface area contributed by atoms with E-state index in [2.05, 4.69) is 17.4 Å². The van der Waals surface area contributed by atoms with Gasteiger partial charge in [-0.05, 0) is 49.4 Å². The number of hydrogen-bond donors (Lipinski definition) is 2. The van der Waals surface area contributed by atoms with Gasteiger partial charge in [-0.3, -0.25) is 9.59 Å². The summed E-state index contributed by atoms with van der Waals surface area (Å²) in [5, 5.41) is 12.0. The number of amides is 2. The summed E-state index contributed by atoms with van der Waals surface area (Å²) >= 11 is 0. The molecular weight excluding hydrogens is 432 g/mol. The van der Waals surface area contributed by atoms with E-state index in [4.69, 9.17) is 4.74 Å². The summed E-state index contributed by atoms with van der Waals surface area (Å²) in [5.41, 5.74) is 3.78. The quantitative estimate of drug-likeness (QED) is 0.554. The van der Waals surface area contributed by atoms with Crippen molar-refractivity contribution in [1.29, 1.82) is 0 Å². The van der Waals surface area contributed by atoms with Gasteiger partial charge in [0.15, 0.2) is 0 Å². The second-order valence-electron chi connectivity index (χ2n) is 9.65. The van der Waals surface area contributed by atoms with Crippen molar-refractivity contribution in [3.8, 4) is 11.1 Å². The predicted octanol–water partition coefficient (Wildman–Crippen LogP) is 4.80. The van der Waals surface area contributed by atoms with Gasteiger partial charge >= 0.3 is 12.1 Å². The van der Waals surface area contributed by atoms with Crippen molar-refractivity contribution >= 4 is 18.0 Å². The molecule has 2 N–H and O–H groups in total. The predicted molar refractivity (Wildman–Crippen MR) is 131 cm³/mol. The second-order valence-corrected chi connectivity index (χ2v) is 9.65. The zero-order chi connectivity index (χ0) is 24.9. The molecule has 7 heteroatoms. The van der Waals surface area contributed by atoms with E-state index in [1.807, 2.05) is 43.3 Å². The number of carbonyl (C=O) groups is 3. The molecule has 0 aromatic heterocycles. The molecule has 0 fully saturated rings. The number of unbranched alkanes of at least 4 members (excludes halogenated alkanes) is 1. The van der Waals surface area contributed by atoms with Crippen molar-refractivity contribution in [1.82, 2.24) is 10.2 Å². The molecule has 182 valence electrons. The standard InChI is InChI=1S/C27H34N2O5/c1-5-6-15-23(25(32)29(16-24(30)31)27(2,3)4)28-26(33)34-17-22-20-13-9-7-11-18(20)19-12-8-10-14-21(19)22/h7-14,22-23H,5-6,15-17H2,1-4H3,(H,28,33)(H,30,31). The molecule has 1 atom stereocenters. The fourth-order valence-electron chi connectivity index (χ4n) is 4.42. The summed E-state index contributed by atoms with van der Waals surface area (Å²) in [6.07, 6.45) is 1.28. The van der Waals surface area contributed by atoms with Gasteiger partial charge in [-0.15, -0.1) is 0 Å². The Labute approximate surface area is 201 Å². The molecule has 2 aromatic carbocycles. The summed E-state index contributed by atoms with van der Waals surface area (Å²) in [5.74, 6) is -1.60. The summed E-state index contributed by atoms with van der Waals surface area (Å²) < 4.78 is 5.61. The lowest BCUT2D eigenvalue weighted by Gasteiger charge is -2.37. The third-order valence-electron chi connectivity index (χ3n) is 6.15. The van der Waals surface area contributed by atoms with Gasteiger partial charge in [0, 0.05) is 11.5 Å². The average molecular weight is 467 g/mol. The number of carbonyl (C=O) groups excluding carboxylic acids is 2. The minimum Gasteiger partial charge on any atom is -0.480 e. The van der Waals surface area contributed by atoms with Gasteiger partial charge in [0.25, 0.3) is 0 Å². The maximum atomic E-state index is 13.2. The lowest BCUT2D eigenvalue weighted by molar-refractivity contribution is -0.149. The topological polar surface area (TPSA) is 95.9 Å². The molecule has 3 rings (SSSR count). The van der Waals surface area contributed by atoms with Crippen LogP contribution in [0.1, 0.15) is 64.0 Å². The van der Waals surface area contributed by atoms with Crippen LogP contribution in [0, 0.1) is 0 Å². The lowest BCUT2D eigenvalue weighted by atomic mass is 9.98. The number of alkyl carbamates (subject to hydrolysis) is 1. The van der Waals surface area contributed by atoms with Crippen LogP contribution >= 0.6 is 0 Å². The fourth-order valence-corrected chi connectivity index (χ4v) is 4.42. The Bertz CT molecular complexity index is 998. The zero-order valence-corrected chi connectivity index (χ0v) is 20.3. The molecular formula is C27H34N2O5. The van der Waals surface area contributed by atoms with Gasteiger partial charge in [0.1, 0.15) is 19.2 Å². The number of ether oxygens (including phenoxy) is 1. The Morgan fingerprint density at radius 1 is 1.03 bits per heavy atom. The molecule has 0 saturated carbocycles. The molecule has 0 saturated heterocycles. The Morgan fingerprint density at radius 2 is 1.59 bits per heavy atom. The number of carboxylic acids is 1. The molecule has 1 aliphatic rings. The molecule has 34 heavy (non-hydrogen) atoms. The molecule has 2 aromatic rings. The van der Waals surface area contributed by atoms with E-state index < -0.39 is 36.1 Å². The van der Waals surface area contributed by atoms with Gasteiger partial charge in [0.2, 0.25) is 5.91 Å². The molecule has 0 bridgehead atoms. The van der Waals surface area contributed by atoms with Crippen molar-refractivity contribution in [3.63, 3.8) is 0 Å². The van der Waals surface area contributed by atoms with Crippen LogP contribution in [0.25, 0.3) is 11.1 Å². The summed E-state index contributed by atoms with van der Waals surface area (Å²) in [6.45, 7) is 7.03. The number of hydrogen-bond acceptors (Lipinski definition) is 4. The van der Waals surface area contributed by atoms with Gasteiger partial charge in [-0.1, -0.05) is 68.3 Å². The van der Waals surface area contributed by atoms with Crippen LogP contribution in [-0.2, 0) is 14.3 Å². The Kier molecular flexibility index (Phi) is 7.97. The summed E-state index contributed by atoms with van der Waals surface area (Å²) in [4.78, 5) is 38.7. The summed E-state index contributed by atoms with van der Waals surface area (Å²) in [7, 11) is 0. The van der Waals surface area contributed by atoms with Crippen molar-refractivity contribution < 1.29 is 24.2 Å². The maximum absolute atomic E-state index is 13.2. The van der Waals surface area contributed by atoms with E-state index in [9.17, 15) is 19.5 Å². The van der Waals surface area contributed by atoms with Gasteiger partial charge in [0.05, 0.1) is 0 Å². The van der Waals surface area contributed by atoms with Crippen LogP contribution in [0.4, 0.5) is 4.79 Å². The molecule has 1 unspecified atom stereocenters. The number of nitrogens with zero attached hydrogens (tertiary/aromatic N) is 1. The smallest absolute Gasteiger partial charge is 0.407 e. The third kappa shape index (κ3) is 5.76. The molecule has 1 aliphatic carbocycles. The van der Waals surface area contributed by atoms with E-state index in [0.29, 0.717) is 12.8 Å². The molecule has 0 heterocycles. The second kappa shape index (κ2) is 10.7. The SMILES string of the molecule is CCCCC(NC(=O)OCC1c2ccccc2-c2ccccc21)C(=O)N(CC(=O)O)C(C)(C)C. The van der Waals surface area contributed by atoms with Gasteiger partial charge in [-0.25, -0.2) is 4.79 Å². The fraction of sp³-hybridized carbons (Fsp3) is 0.444. The van der Waals surface area contributed by atoms with Crippen LogP contribution in [0.15, 0.2) is 48.5 Å². The van der Waals surface area contributed by atoms with Gasteiger partial charge in [-0.2, -0.15) is 0 Å². The first-order chi connectivity index (χ1) is 16.1. The minimum absolute atomic E-state index is 0.0824. The van der Waals surface area contributed by atoms with Crippen LogP contribution in [0.2, 0.25) is 0 Å². The van der Waals surface area contributed by atoms with Gasteiger partial charge < -0.3 is 20.1 Å². The van der Waals surface area contributed by atoms with Crippen molar-refractivity contribution in [2.45, 2.75) is 64.5 Å². The van der Waals surface area contributed by atoms with Crippen LogP contribution in [0.5, 0.6) is 0 Å². The number of carboxylic acid groups (broad SMARTS) is 1. The Balaban J connectivity index is 1.72. The number of aliphatic carboxylic acids is 1. The molecule has 7 nitrogen and oxygen atoms in total. The lowest BCUT2D eigenvalue weighted by Crippen LogP contribution is -2.56.